The molecule has 1 rings (SSSR count). The van der Waals surface area contributed by atoms with Gasteiger partial charge >= 0.3 is 0 Å². The molecule has 7 nitrogen and oxygen atoms in total. The van der Waals surface area contributed by atoms with Gasteiger partial charge in [-0.05, 0) is 51.2 Å². The molecule has 1 aromatic carbocycles. The first-order chi connectivity index (χ1) is 10.1. The molecule has 9 heteroatoms. The SMILES string of the molecule is CCN[C@H](C)CNS(=O)(=O)c1ccc(S(=O)(=O)NC)c(C)c1. The van der Waals surface area contributed by atoms with Gasteiger partial charge in [0.05, 0.1) is 9.79 Å². The number of nitrogens with one attached hydrogen (secondary N) is 3. The van der Waals surface area contributed by atoms with Gasteiger partial charge in [0.15, 0.2) is 0 Å². The highest BCUT2D eigenvalue weighted by Gasteiger charge is 2.19. The fourth-order valence-corrected chi connectivity index (χ4v) is 4.10. The summed E-state index contributed by atoms with van der Waals surface area (Å²) in [6.07, 6.45) is 0. The Morgan fingerprint density at radius 3 is 2.27 bits per heavy atom. The summed E-state index contributed by atoms with van der Waals surface area (Å²) < 4.78 is 52.7. The summed E-state index contributed by atoms with van der Waals surface area (Å²) in [6.45, 7) is 6.38. The number of likely N-dealkylation sites (N-methyl/N-ethyl adjacent to an activating group) is 1. The summed E-state index contributed by atoms with van der Waals surface area (Å²) in [6, 6.07) is 3.94. The first-order valence-electron chi connectivity index (χ1n) is 6.91. The lowest BCUT2D eigenvalue weighted by Gasteiger charge is -2.14. The van der Waals surface area contributed by atoms with Crippen molar-refractivity contribution in [2.45, 2.75) is 36.6 Å². The van der Waals surface area contributed by atoms with Gasteiger partial charge in [-0.1, -0.05) is 6.92 Å². The fraction of sp³-hybridized carbons (Fsp3) is 0.538. The van der Waals surface area contributed by atoms with Gasteiger partial charge in [0.1, 0.15) is 0 Å². The Morgan fingerprint density at radius 1 is 1.14 bits per heavy atom. The van der Waals surface area contributed by atoms with Crippen LogP contribution in [0.5, 0.6) is 0 Å². The van der Waals surface area contributed by atoms with Crippen molar-refractivity contribution in [3.05, 3.63) is 23.8 Å². The summed E-state index contributed by atoms with van der Waals surface area (Å²) >= 11 is 0. The van der Waals surface area contributed by atoms with E-state index in [4.69, 9.17) is 0 Å². The van der Waals surface area contributed by atoms with Crippen molar-refractivity contribution < 1.29 is 16.8 Å². The van der Waals surface area contributed by atoms with Gasteiger partial charge in [-0.25, -0.2) is 26.3 Å². The summed E-state index contributed by atoms with van der Waals surface area (Å²) in [5.74, 6) is 0. The second-order valence-corrected chi connectivity index (χ2v) is 8.57. The Morgan fingerprint density at radius 2 is 1.77 bits per heavy atom. The van der Waals surface area contributed by atoms with Crippen LogP contribution in [0.1, 0.15) is 19.4 Å². The summed E-state index contributed by atoms with van der Waals surface area (Å²) in [4.78, 5) is 0.110. The first kappa shape index (κ1) is 19.0. The molecular weight excluding hydrogens is 326 g/mol. The molecule has 0 amide bonds. The molecule has 0 saturated carbocycles. The van der Waals surface area contributed by atoms with E-state index >= 15 is 0 Å². The van der Waals surface area contributed by atoms with E-state index in [-0.39, 0.29) is 22.4 Å². The maximum Gasteiger partial charge on any atom is 0.240 e. The Kier molecular flexibility index (Phi) is 6.50. The van der Waals surface area contributed by atoms with Crippen LogP contribution in [0.3, 0.4) is 0 Å². The number of hydrogen-bond donors (Lipinski definition) is 3. The molecule has 0 spiro atoms. The number of hydrogen-bond acceptors (Lipinski definition) is 5. The molecule has 126 valence electrons. The molecule has 0 aliphatic carbocycles. The molecule has 22 heavy (non-hydrogen) atoms. The van der Waals surface area contributed by atoms with E-state index < -0.39 is 20.0 Å². The Hall–Kier alpha value is -1.00. The van der Waals surface area contributed by atoms with Crippen molar-refractivity contribution in [3.8, 4) is 0 Å². The average molecular weight is 349 g/mol. The minimum atomic E-state index is -3.67. The lowest BCUT2D eigenvalue weighted by atomic mass is 10.2. The standard InChI is InChI=1S/C13H23N3O4S2/c1-5-15-11(3)9-16-21(17,18)12-6-7-13(10(2)8-12)22(19,20)14-4/h6-8,11,14-16H,5,9H2,1-4H3/t11-/m1/s1. The van der Waals surface area contributed by atoms with E-state index in [1.54, 1.807) is 6.92 Å². The van der Waals surface area contributed by atoms with Crippen LogP contribution in [0.2, 0.25) is 0 Å². The van der Waals surface area contributed by atoms with Crippen molar-refractivity contribution in [2.24, 2.45) is 0 Å². The molecule has 0 saturated heterocycles. The van der Waals surface area contributed by atoms with Crippen LogP contribution in [-0.4, -0.2) is 43.0 Å². The molecule has 1 atom stereocenters. The zero-order chi connectivity index (χ0) is 17.0. The van der Waals surface area contributed by atoms with E-state index in [1.807, 2.05) is 13.8 Å². The molecule has 1 aromatic rings. The smallest absolute Gasteiger partial charge is 0.240 e. The van der Waals surface area contributed by atoms with E-state index in [0.717, 1.165) is 6.54 Å². The molecule has 0 unspecified atom stereocenters. The maximum atomic E-state index is 12.2. The van der Waals surface area contributed by atoms with E-state index in [1.165, 1.54) is 25.2 Å². The Labute approximate surface area is 132 Å². The molecule has 0 heterocycles. The van der Waals surface area contributed by atoms with Gasteiger partial charge in [-0.3, -0.25) is 0 Å². The minimum absolute atomic E-state index is 0.00446. The van der Waals surface area contributed by atoms with Gasteiger partial charge in [0.25, 0.3) is 0 Å². The highest BCUT2D eigenvalue weighted by molar-refractivity contribution is 7.90. The third-order valence-electron chi connectivity index (χ3n) is 3.15. The van der Waals surface area contributed by atoms with E-state index in [9.17, 15) is 16.8 Å². The largest absolute Gasteiger partial charge is 0.313 e. The van der Waals surface area contributed by atoms with Crippen LogP contribution in [0.4, 0.5) is 0 Å². The molecule has 3 N–H and O–H groups in total. The number of benzene rings is 1. The zero-order valence-corrected chi connectivity index (χ0v) is 14.8. The van der Waals surface area contributed by atoms with Crippen LogP contribution in [0.15, 0.2) is 28.0 Å². The van der Waals surface area contributed by atoms with Gasteiger partial charge in [-0.15, -0.1) is 0 Å². The number of aryl methyl sites for hydroxylation is 1. The first-order valence-corrected chi connectivity index (χ1v) is 9.88. The van der Waals surface area contributed by atoms with E-state index in [2.05, 4.69) is 14.8 Å². The topological polar surface area (TPSA) is 104 Å². The second-order valence-electron chi connectivity index (χ2n) is 4.95. The molecule has 0 radical (unpaired) electrons. The summed E-state index contributed by atoms with van der Waals surface area (Å²) in [7, 11) is -5.96. The second kappa shape index (κ2) is 7.51. The molecule has 0 aromatic heterocycles. The molecule has 0 bridgehead atoms. The van der Waals surface area contributed by atoms with Crippen LogP contribution in [0.25, 0.3) is 0 Å². The van der Waals surface area contributed by atoms with Crippen LogP contribution in [0, 0.1) is 6.92 Å². The van der Waals surface area contributed by atoms with Crippen molar-refractivity contribution in [2.75, 3.05) is 20.1 Å². The average Bonchev–Trinajstić information content (AvgIpc) is 2.45. The van der Waals surface area contributed by atoms with Gasteiger partial charge < -0.3 is 5.32 Å². The molecule has 0 fully saturated rings. The predicted octanol–water partition coefficient (Wildman–Crippen LogP) is 0.179. The van der Waals surface area contributed by atoms with Crippen molar-refractivity contribution in [1.29, 1.82) is 0 Å². The monoisotopic (exact) mass is 349 g/mol. The van der Waals surface area contributed by atoms with Gasteiger partial charge in [0.2, 0.25) is 20.0 Å². The Bertz CT molecular complexity index is 715. The summed E-state index contributed by atoms with van der Waals surface area (Å²) in [5, 5.41) is 3.10. The normalized spacial score (nSPS) is 14.0. The van der Waals surface area contributed by atoms with Crippen LogP contribution in [-0.2, 0) is 20.0 Å². The summed E-state index contributed by atoms with van der Waals surface area (Å²) in [5.41, 5.74) is 0.372. The number of rotatable bonds is 8. The quantitative estimate of drug-likeness (QED) is 0.621. The fourth-order valence-electron chi connectivity index (χ4n) is 1.94. The van der Waals surface area contributed by atoms with E-state index in [0.29, 0.717) is 5.56 Å². The lowest BCUT2D eigenvalue weighted by molar-refractivity contribution is 0.536. The van der Waals surface area contributed by atoms with Gasteiger partial charge in [-0.2, -0.15) is 0 Å². The predicted molar refractivity (Wildman–Crippen MR) is 85.8 cm³/mol. The molecule has 0 aliphatic rings. The third kappa shape index (κ3) is 4.75. The molecular formula is C13H23N3O4S2. The van der Waals surface area contributed by atoms with Crippen LogP contribution < -0.4 is 14.8 Å². The highest BCUT2D eigenvalue weighted by Crippen LogP contribution is 2.19. The Balaban J connectivity index is 3.01. The van der Waals surface area contributed by atoms with Crippen molar-refractivity contribution in [1.82, 2.24) is 14.8 Å². The van der Waals surface area contributed by atoms with Crippen molar-refractivity contribution >= 4 is 20.0 Å². The van der Waals surface area contributed by atoms with Gasteiger partial charge in [0, 0.05) is 12.6 Å². The van der Waals surface area contributed by atoms with Crippen LogP contribution >= 0.6 is 0 Å². The lowest BCUT2D eigenvalue weighted by Crippen LogP contribution is -2.38. The third-order valence-corrected chi connectivity index (χ3v) is 6.14. The highest BCUT2D eigenvalue weighted by atomic mass is 32.2. The zero-order valence-electron chi connectivity index (χ0n) is 13.2. The van der Waals surface area contributed by atoms with Crippen molar-refractivity contribution in [3.63, 3.8) is 0 Å². The minimum Gasteiger partial charge on any atom is -0.313 e. The maximum absolute atomic E-state index is 12.2. The number of sulfonamides is 2. The molecule has 0 aliphatic heterocycles.